The summed E-state index contributed by atoms with van der Waals surface area (Å²) in [5, 5.41) is 20.7. The van der Waals surface area contributed by atoms with Crippen LogP contribution in [0.25, 0.3) is 5.69 Å². The first kappa shape index (κ1) is 18.5. The smallest absolute Gasteiger partial charge is 0.335 e. The molecule has 0 saturated heterocycles. The lowest BCUT2D eigenvalue weighted by molar-refractivity contribution is 0.430. The SMILES string of the molecule is Cc1ccc(C)c(-n2c(O)c(C=Nc3cc(Cl)ccc3O)c(=O)[nH]c2=O)c1. The summed E-state index contributed by atoms with van der Waals surface area (Å²) >= 11 is 5.87. The Kier molecular flexibility index (Phi) is 4.87. The van der Waals surface area contributed by atoms with Crippen LogP contribution in [0, 0.1) is 13.8 Å². The van der Waals surface area contributed by atoms with Gasteiger partial charge in [0.1, 0.15) is 17.0 Å². The number of nitrogens with one attached hydrogen (secondary N) is 1. The van der Waals surface area contributed by atoms with Crippen molar-refractivity contribution in [2.45, 2.75) is 13.8 Å². The highest BCUT2D eigenvalue weighted by Crippen LogP contribution is 2.29. The Hall–Kier alpha value is -3.32. The van der Waals surface area contributed by atoms with Gasteiger partial charge >= 0.3 is 5.69 Å². The molecule has 3 N–H and O–H groups in total. The quantitative estimate of drug-likeness (QED) is 0.602. The molecule has 2 aromatic carbocycles. The molecule has 7 nitrogen and oxygen atoms in total. The second-order valence-electron chi connectivity index (χ2n) is 6.01. The van der Waals surface area contributed by atoms with Gasteiger partial charge in [-0.1, -0.05) is 23.7 Å². The Morgan fingerprint density at radius 1 is 1.11 bits per heavy atom. The van der Waals surface area contributed by atoms with Crippen molar-refractivity contribution < 1.29 is 10.2 Å². The molecule has 0 unspecified atom stereocenters. The van der Waals surface area contributed by atoms with E-state index < -0.39 is 17.1 Å². The molecule has 0 atom stereocenters. The van der Waals surface area contributed by atoms with Gasteiger partial charge in [0.25, 0.3) is 5.56 Å². The molecule has 0 amide bonds. The molecule has 0 aliphatic heterocycles. The van der Waals surface area contributed by atoms with Crippen LogP contribution in [0.15, 0.2) is 51.0 Å². The average molecular weight is 386 g/mol. The van der Waals surface area contributed by atoms with E-state index in [2.05, 4.69) is 9.98 Å². The molecular weight excluding hydrogens is 370 g/mol. The number of aromatic amines is 1. The number of hydrogen-bond donors (Lipinski definition) is 3. The molecule has 1 aromatic heterocycles. The van der Waals surface area contributed by atoms with Gasteiger partial charge in [0.05, 0.1) is 5.69 Å². The molecule has 8 heteroatoms. The van der Waals surface area contributed by atoms with Gasteiger partial charge in [0, 0.05) is 11.2 Å². The molecule has 0 spiro atoms. The number of phenolic OH excluding ortho intramolecular Hbond substituents is 1. The molecule has 0 radical (unpaired) electrons. The van der Waals surface area contributed by atoms with Crippen LogP contribution in [0.1, 0.15) is 16.7 Å². The van der Waals surface area contributed by atoms with E-state index in [9.17, 15) is 19.8 Å². The average Bonchev–Trinajstić information content (AvgIpc) is 2.60. The van der Waals surface area contributed by atoms with Crippen LogP contribution in [0.2, 0.25) is 5.02 Å². The predicted molar refractivity (Wildman–Crippen MR) is 104 cm³/mol. The van der Waals surface area contributed by atoms with Gasteiger partial charge in [0.15, 0.2) is 0 Å². The summed E-state index contributed by atoms with van der Waals surface area (Å²) in [6, 6.07) is 9.64. The van der Waals surface area contributed by atoms with Crippen molar-refractivity contribution in [1.82, 2.24) is 9.55 Å². The molecule has 27 heavy (non-hydrogen) atoms. The van der Waals surface area contributed by atoms with Crippen molar-refractivity contribution in [2.24, 2.45) is 4.99 Å². The fraction of sp³-hybridized carbons (Fsp3) is 0.105. The standard InChI is InChI=1S/C19H16ClN3O4/c1-10-3-4-11(2)15(7-10)23-18(26)13(17(25)22-19(23)27)9-21-14-8-12(20)5-6-16(14)24/h3-9,24,26H,1-2H3,(H,22,25,27). The van der Waals surface area contributed by atoms with Crippen molar-refractivity contribution in [3.63, 3.8) is 0 Å². The summed E-state index contributed by atoms with van der Waals surface area (Å²) in [5.74, 6) is -0.697. The third-order valence-electron chi connectivity index (χ3n) is 4.00. The first-order valence-electron chi connectivity index (χ1n) is 7.96. The fourth-order valence-electron chi connectivity index (χ4n) is 2.57. The first-order chi connectivity index (χ1) is 12.8. The van der Waals surface area contributed by atoms with Gasteiger partial charge in [0.2, 0.25) is 5.88 Å². The Labute approximate surface area is 158 Å². The molecule has 1 heterocycles. The molecule has 0 bridgehead atoms. The molecular formula is C19H16ClN3O4. The number of hydrogen-bond acceptors (Lipinski definition) is 5. The van der Waals surface area contributed by atoms with Crippen molar-refractivity contribution >= 4 is 23.5 Å². The normalized spacial score (nSPS) is 11.2. The highest BCUT2D eigenvalue weighted by atomic mass is 35.5. The summed E-state index contributed by atoms with van der Waals surface area (Å²) < 4.78 is 1.00. The number of aromatic hydroxyl groups is 2. The highest BCUT2D eigenvalue weighted by molar-refractivity contribution is 6.30. The minimum Gasteiger partial charge on any atom is -0.506 e. The topological polar surface area (TPSA) is 108 Å². The van der Waals surface area contributed by atoms with Gasteiger partial charge in [-0.2, -0.15) is 0 Å². The molecule has 0 fully saturated rings. The van der Waals surface area contributed by atoms with E-state index in [1.165, 1.54) is 18.2 Å². The van der Waals surface area contributed by atoms with Gasteiger partial charge in [-0.25, -0.2) is 9.36 Å². The second-order valence-corrected chi connectivity index (χ2v) is 6.45. The van der Waals surface area contributed by atoms with Crippen LogP contribution in [0.5, 0.6) is 11.6 Å². The first-order valence-corrected chi connectivity index (χ1v) is 8.34. The summed E-state index contributed by atoms with van der Waals surface area (Å²) in [4.78, 5) is 30.6. The van der Waals surface area contributed by atoms with E-state index >= 15 is 0 Å². The number of rotatable bonds is 3. The number of nitrogens with zero attached hydrogens (tertiary/aromatic N) is 2. The summed E-state index contributed by atoms with van der Waals surface area (Å²) in [7, 11) is 0. The third-order valence-corrected chi connectivity index (χ3v) is 4.23. The third kappa shape index (κ3) is 3.63. The monoisotopic (exact) mass is 385 g/mol. The summed E-state index contributed by atoms with van der Waals surface area (Å²) in [6.45, 7) is 3.63. The lowest BCUT2D eigenvalue weighted by Crippen LogP contribution is -2.31. The predicted octanol–water partition coefficient (Wildman–Crippen LogP) is 2.96. The van der Waals surface area contributed by atoms with Gasteiger partial charge in [-0.3, -0.25) is 14.8 Å². The number of H-pyrrole nitrogens is 1. The Morgan fingerprint density at radius 3 is 2.59 bits per heavy atom. The minimum atomic E-state index is -0.802. The number of benzene rings is 2. The Bertz CT molecular complexity index is 1180. The van der Waals surface area contributed by atoms with Crippen LogP contribution in [-0.2, 0) is 0 Å². The number of aryl methyl sites for hydroxylation is 2. The van der Waals surface area contributed by atoms with Crippen molar-refractivity contribution in [1.29, 1.82) is 0 Å². The maximum atomic E-state index is 12.3. The van der Waals surface area contributed by atoms with E-state index in [0.717, 1.165) is 21.9 Å². The molecule has 138 valence electrons. The van der Waals surface area contributed by atoms with Crippen molar-refractivity contribution in [3.8, 4) is 17.3 Å². The van der Waals surface area contributed by atoms with Gasteiger partial charge < -0.3 is 10.2 Å². The Balaban J connectivity index is 2.19. The van der Waals surface area contributed by atoms with Crippen LogP contribution >= 0.6 is 11.6 Å². The van der Waals surface area contributed by atoms with E-state index in [4.69, 9.17) is 11.6 Å². The summed E-state index contributed by atoms with van der Waals surface area (Å²) in [6.07, 6.45) is 1.07. The van der Waals surface area contributed by atoms with Crippen molar-refractivity contribution in [3.05, 3.63) is 78.9 Å². The lowest BCUT2D eigenvalue weighted by Gasteiger charge is -2.12. The minimum absolute atomic E-state index is 0.116. The van der Waals surface area contributed by atoms with Crippen molar-refractivity contribution in [2.75, 3.05) is 0 Å². The zero-order valence-corrected chi connectivity index (χ0v) is 15.3. The molecule has 3 aromatic rings. The van der Waals surface area contributed by atoms with Crippen LogP contribution < -0.4 is 11.2 Å². The zero-order valence-electron chi connectivity index (χ0n) is 14.5. The second kappa shape index (κ2) is 7.13. The van der Waals surface area contributed by atoms with Gasteiger partial charge in [-0.15, -0.1) is 0 Å². The largest absolute Gasteiger partial charge is 0.506 e. The van der Waals surface area contributed by atoms with E-state index in [0.29, 0.717) is 10.7 Å². The van der Waals surface area contributed by atoms with Crippen LogP contribution in [0.4, 0.5) is 5.69 Å². The maximum Gasteiger partial charge on any atom is 0.335 e. The fourth-order valence-corrected chi connectivity index (χ4v) is 2.74. The number of halogens is 1. The number of aromatic nitrogens is 2. The van der Waals surface area contributed by atoms with Crippen LogP contribution in [-0.4, -0.2) is 26.0 Å². The molecule has 3 rings (SSSR count). The molecule has 0 aliphatic rings. The van der Waals surface area contributed by atoms with Crippen LogP contribution in [0.3, 0.4) is 0 Å². The number of phenols is 1. The van der Waals surface area contributed by atoms with E-state index in [1.807, 2.05) is 13.0 Å². The zero-order chi connectivity index (χ0) is 19.7. The molecule has 0 saturated carbocycles. The van der Waals surface area contributed by atoms with E-state index in [-0.39, 0.29) is 17.0 Å². The maximum absolute atomic E-state index is 12.3. The molecule has 0 aliphatic carbocycles. The van der Waals surface area contributed by atoms with E-state index in [1.54, 1.807) is 19.1 Å². The Morgan fingerprint density at radius 2 is 1.85 bits per heavy atom. The summed E-state index contributed by atoms with van der Waals surface area (Å²) in [5.41, 5.74) is 0.375. The lowest BCUT2D eigenvalue weighted by atomic mass is 10.1. The number of aliphatic imine (C=N–C) groups is 1. The highest BCUT2D eigenvalue weighted by Gasteiger charge is 2.16. The van der Waals surface area contributed by atoms with Gasteiger partial charge in [-0.05, 0) is 49.2 Å².